The van der Waals surface area contributed by atoms with E-state index in [4.69, 9.17) is 14.0 Å². The summed E-state index contributed by atoms with van der Waals surface area (Å²) in [6, 6.07) is 5.37. The molecule has 2 N–H and O–H groups in total. The van der Waals surface area contributed by atoms with E-state index >= 15 is 0 Å². The Labute approximate surface area is 145 Å². The minimum Gasteiger partial charge on any atom is -0.485 e. The Morgan fingerprint density at radius 1 is 1.33 bits per heavy atom. The van der Waals surface area contributed by atoms with Gasteiger partial charge in [-0.15, -0.1) is 11.3 Å². The van der Waals surface area contributed by atoms with Gasteiger partial charge in [0.15, 0.2) is 11.5 Å². The van der Waals surface area contributed by atoms with Crippen molar-refractivity contribution in [2.24, 2.45) is 0 Å². The standard InChI is InChI=1S/C10H15NO5S2.C5H5N/c1-7(6-18(12,13)14)11-2-8-3-15-9-4-17-5-10(9)16-8;1-2-4-6-5-3-1/h4-5,7-8,11H,2-3,6H2,1H3,(H,12,13,14);1-5H. The molecule has 132 valence electrons. The van der Waals surface area contributed by atoms with E-state index in [0.717, 1.165) is 11.5 Å². The van der Waals surface area contributed by atoms with Crippen LogP contribution in [0.2, 0.25) is 0 Å². The molecular formula is C15H20N2O5S2. The van der Waals surface area contributed by atoms with E-state index in [9.17, 15) is 8.42 Å². The molecule has 0 amide bonds. The Balaban J connectivity index is 0.000000292. The predicted octanol–water partition coefficient (Wildman–Crippen LogP) is 1.84. The molecule has 3 heterocycles. The maximum Gasteiger partial charge on any atom is 0.266 e. The van der Waals surface area contributed by atoms with Crippen molar-refractivity contribution < 1.29 is 22.4 Å². The average molecular weight is 372 g/mol. The van der Waals surface area contributed by atoms with E-state index in [-0.39, 0.29) is 17.9 Å². The highest BCUT2D eigenvalue weighted by Gasteiger charge is 2.22. The van der Waals surface area contributed by atoms with Gasteiger partial charge in [0.2, 0.25) is 0 Å². The fraction of sp³-hybridized carbons (Fsp3) is 0.400. The molecule has 0 saturated carbocycles. The molecule has 3 rings (SSSR count). The van der Waals surface area contributed by atoms with Crippen molar-refractivity contribution in [1.29, 1.82) is 0 Å². The first-order valence-electron chi connectivity index (χ1n) is 7.33. The number of ether oxygens (including phenoxy) is 2. The first kappa shape index (κ1) is 18.7. The summed E-state index contributed by atoms with van der Waals surface area (Å²) in [7, 11) is -3.95. The highest BCUT2D eigenvalue weighted by molar-refractivity contribution is 7.85. The summed E-state index contributed by atoms with van der Waals surface area (Å²) >= 11 is 1.51. The van der Waals surface area contributed by atoms with Gasteiger partial charge in [0.1, 0.15) is 12.7 Å². The normalized spacial score (nSPS) is 17.5. The Bertz CT molecular complexity index is 679. The van der Waals surface area contributed by atoms with Crippen LogP contribution in [0.4, 0.5) is 0 Å². The second kappa shape index (κ2) is 8.97. The summed E-state index contributed by atoms with van der Waals surface area (Å²) < 4.78 is 41.2. The molecule has 2 aromatic rings. The lowest BCUT2D eigenvalue weighted by Crippen LogP contribution is -2.43. The summed E-state index contributed by atoms with van der Waals surface area (Å²) in [5, 5.41) is 6.73. The third-order valence-corrected chi connectivity index (χ3v) is 4.65. The average Bonchev–Trinajstić information content (AvgIpc) is 3.01. The van der Waals surface area contributed by atoms with E-state index in [1.165, 1.54) is 11.3 Å². The molecule has 24 heavy (non-hydrogen) atoms. The van der Waals surface area contributed by atoms with Crippen LogP contribution >= 0.6 is 11.3 Å². The summed E-state index contributed by atoms with van der Waals surface area (Å²) in [5.41, 5.74) is 0. The second-order valence-electron chi connectivity index (χ2n) is 5.23. The van der Waals surface area contributed by atoms with Crippen LogP contribution < -0.4 is 14.8 Å². The number of fused-ring (bicyclic) bond motifs is 1. The van der Waals surface area contributed by atoms with Crippen molar-refractivity contribution in [1.82, 2.24) is 10.3 Å². The first-order chi connectivity index (χ1) is 11.4. The maximum absolute atomic E-state index is 10.7. The number of nitrogens with zero attached hydrogens (tertiary/aromatic N) is 1. The fourth-order valence-corrected chi connectivity index (χ4v) is 3.40. The van der Waals surface area contributed by atoms with Crippen LogP contribution in [0, 0.1) is 0 Å². The molecule has 1 aliphatic rings. The highest BCUT2D eigenvalue weighted by atomic mass is 32.2. The second-order valence-corrected chi connectivity index (χ2v) is 7.47. The topological polar surface area (TPSA) is 97.8 Å². The molecule has 0 aromatic carbocycles. The molecule has 0 radical (unpaired) electrons. The molecule has 0 bridgehead atoms. The van der Waals surface area contributed by atoms with Crippen LogP contribution in [0.5, 0.6) is 11.5 Å². The molecular weight excluding hydrogens is 352 g/mol. The van der Waals surface area contributed by atoms with Gasteiger partial charge in [0.25, 0.3) is 10.1 Å². The van der Waals surface area contributed by atoms with Crippen LogP contribution in [-0.4, -0.2) is 49.0 Å². The van der Waals surface area contributed by atoms with Gasteiger partial charge in [0, 0.05) is 35.7 Å². The monoisotopic (exact) mass is 372 g/mol. The van der Waals surface area contributed by atoms with Crippen molar-refractivity contribution >= 4 is 21.5 Å². The molecule has 0 aliphatic carbocycles. The minimum atomic E-state index is -3.95. The van der Waals surface area contributed by atoms with Crippen molar-refractivity contribution in [3.8, 4) is 11.5 Å². The number of thiophene rings is 1. The van der Waals surface area contributed by atoms with E-state index in [0.29, 0.717) is 13.2 Å². The van der Waals surface area contributed by atoms with Crippen molar-refractivity contribution in [2.75, 3.05) is 18.9 Å². The molecule has 7 nitrogen and oxygen atoms in total. The fourth-order valence-electron chi connectivity index (χ4n) is 1.98. The van der Waals surface area contributed by atoms with Crippen LogP contribution in [-0.2, 0) is 10.1 Å². The lowest BCUT2D eigenvalue weighted by molar-refractivity contribution is 0.0904. The Hall–Kier alpha value is -1.68. The minimum absolute atomic E-state index is 0.157. The van der Waals surface area contributed by atoms with E-state index in [1.54, 1.807) is 19.3 Å². The van der Waals surface area contributed by atoms with Crippen LogP contribution in [0.3, 0.4) is 0 Å². The molecule has 2 unspecified atom stereocenters. The van der Waals surface area contributed by atoms with Gasteiger partial charge < -0.3 is 14.8 Å². The number of rotatable bonds is 5. The Kier molecular flexibility index (Phi) is 6.98. The summed E-state index contributed by atoms with van der Waals surface area (Å²) in [6.45, 7) is 2.58. The number of hydrogen-bond donors (Lipinski definition) is 2. The zero-order valence-electron chi connectivity index (χ0n) is 13.2. The van der Waals surface area contributed by atoms with Crippen molar-refractivity contribution in [3.05, 3.63) is 41.4 Å². The van der Waals surface area contributed by atoms with E-state index in [2.05, 4.69) is 10.3 Å². The molecule has 0 saturated heterocycles. The zero-order valence-corrected chi connectivity index (χ0v) is 14.8. The molecule has 2 aromatic heterocycles. The van der Waals surface area contributed by atoms with E-state index in [1.807, 2.05) is 29.0 Å². The van der Waals surface area contributed by atoms with Crippen LogP contribution in [0.1, 0.15) is 6.92 Å². The summed E-state index contributed by atoms with van der Waals surface area (Å²) in [5.74, 6) is 1.16. The third kappa shape index (κ3) is 6.83. The zero-order chi connectivity index (χ0) is 17.4. The van der Waals surface area contributed by atoms with Gasteiger partial charge in [-0.25, -0.2) is 0 Å². The highest BCUT2D eigenvalue weighted by Crippen LogP contribution is 2.35. The van der Waals surface area contributed by atoms with Crippen LogP contribution in [0.25, 0.3) is 0 Å². The lowest BCUT2D eigenvalue weighted by atomic mass is 10.3. The summed E-state index contributed by atoms with van der Waals surface area (Å²) in [6.07, 6.45) is 3.34. The molecule has 9 heteroatoms. The van der Waals surface area contributed by atoms with Crippen molar-refractivity contribution in [2.45, 2.75) is 19.1 Å². The molecule has 0 fully saturated rings. The smallest absolute Gasteiger partial charge is 0.266 e. The summed E-state index contributed by atoms with van der Waals surface area (Å²) in [4.78, 5) is 3.78. The number of pyridine rings is 1. The number of aromatic nitrogens is 1. The number of hydrogen-bond acceptors (Lipinski definition) is 7. The van der Waals surface area contributed by atoms with Gasteiger partial charge in [0.05, 0.1) is 5.75 Å². The van der Waals surface area contributed by atoms with Crippen LogP contribution in [0.15, 0.2) is 41.4 Å². The van der Waals surface area contributed by atoms with Gasteiger partial charge in [-0.1, -0.05) is 6.07 Å². The van der Waals surface area contributed by atoms with Gasteiger partial charge in [-0.3, -0.25) is 9.54 Å². The third-order valence-electron chi connectivity index (χ3n) is 3.03. The van der Waals surface area contributed by atoms with E-state index < -0.39 is 10.1 Å². The van der Waals surface area contributed by atoms with Gasteiger partial charge in [-0.2, -0.15) is 8.42 Å². The maximum atomic E-state index is 10.7. The quantitative estimate of drug-likeness (QED) is 0.773. The predicted molar refractivity (Wildman–Crippen MR) is 92.3 cm³/mol. The Morgan fingerprint density at radius 3 is 2.62 bits per heavy atom. The molecule has 1 aliphatic heterocycles. The lowest BCUT2D eigenvalue weighted by Gasteiger charge is -2.25. The SMILES string of the molecule is CC(CS(=O)(=O)O)NCC1COc2cscc2O1.c1ccncc1. The van der Waals surface area contributed by atoms with Gasteiger partial charge >= 0.3 is 0 Å². The first-order valence-corrected chi connectivity index (χ1v) is 9.88. The van der Waals surface area contributed by atoms with Crippen molar-refractivity contribution in [3.63, 3.8) is 0 Å². The largest absolute Gasteiger partial charge is 0.485 e. The van der Waals surface area contributed by atoms with Gasteiger partial charge in [-0.05, 0) is 19.1 Å². The molecule has 0 spiro atoms. The molecule has 2 atom stereocenters. The Morgan fingerprint density at radius 2 is 2.04 bits per heavy atom. The number of nitrogens with one attached hydrogen (secondary N) is 1.